The average Bonchev–Trinajstić information content (AvgIpc) is 2.45. The zero-order valence-electron chi connectivity index (χ0n) is 11.1. The number of carbonyl (C=O) groups excluding carboxylic acids is 1. The number of benzene rings is 1. The van der Waals surface area contributed by atoms with Gasteiger partial charge in [-0.2, -0.15) is 0 Å². The molecule has 1 aromatic rings. The Balaban J connectivity index is 1.83. The Morgan fingerprint density at radius 2 is 2.16 bits per heavy atom. The number of ether oxygens (including phenoxy) is 1. The molecule has 0 spiro atoms. The minimum Gasteiger partial charge on any atom is -0.374 e. The Morgan fingerprint density at radius 3 is 2.89 bits per heavy atom. The van der Waals surface area contributed by atoms with E-state index in [1.807, 2.05) is 35.0 Å². The highest BCUT2D eigenvalue weighted by molar-refractivity contribution is 6.03. The van der Waals surface area contributed by atoms with Crippen molar-refractivity contribution in [2.45, 2.75) is 6.10 Å². The third kappa shape index (κ3) is 2.43. The van der Waals surface area contributed by atoms with Gasteiger partial charge in [0.15, 0.2) is 0 Å². The quantitative estimate of drug-likeness (QED) is 0.840. The van der Waals surface area contributed by atoms with Gasteiger partial charge in [-0.3, -0.25) is 4.79 Å². The van der Waals surface area contributed by atoms with Gasteiger partial charge in [0.1, 0.15) is 0 Å². The van der Waals surface area contributed by atoms with Crippen LogP contribution in [0.25, 0.3) is 0 Å². The first kappa shape index (κ1) is 12.4. The van der Waals surface area contributed by atoms with Crippen molar-refractivity contribution in [2.24, 2.45) is 0 Å². The Morgan fingerprint density at radius 1 is 1.37 bits per heavy atom. The molecule has 1 unspecified atom stereocenters. The maximum atomic E-state index is 12.2. The molecule has 0 aromatic heterocycles. The number of para-hydroxylation sites is 2. The normalized spacial score (nSPS) is 23.4. The Bertz CT molecular complexity index is 472. The standard InChI is InChI=1S/C14H19N3O2/c1-16-10-14(18)17(9-11-8-15-6-7-19-11)13-5-3-2-4-12(13)16/h2-5,11,15H,6-10H2,1H3. The van der Waals surface area contributed by atoms with Crippen LogP contribution in [-0.2, 0) is 9.53 Å². The number of anilines is 2. The molecule has 2 aliphatic rings. The van der Waals surface area contributed by atoms with Crippen molar-refractivity contribution in [3.8, 4) is 0 Å². The SMILES string of the molecule is CN1CC(=O)N(CC2CNCCO2)c2ccccc21. The summed E-state index contributed by atoms with van der Waals surface area (Å²) < 4.78 is 5.70. The van der Waals surface area contributed by atoms with E-state index in [0.29, 0.717) is 19.7 Å². The largest absolute Gasteiger partial charge is 0.374 e. The van der Waals surface area contributed by atoms with Crippen LogP contribution in [-0.4, -0.2) is 51.8 Å². The summed E-state index contributed by atoms with van der Waals surface area (Å²) in [5.41, 5.74) is 2.08. The van der Waals surface area contributed by atoms with Gasteiger partial charge in [-0.25, -0.2) is 0 Å². The molecule has 1 saturated heterocycles. The highest BCUT2D eigenvalue weighted by Gasteiger charge is 2.29. The lowest BCUT2D eigenvalue weighted by atomic mass is 10.1. The summed E-state index contributed by atoms with van der Waals surface area (Å²) in [7, 11) is 1.95. The minimum atomic E-state index is 0.0779. The van der Waals surface area contributed by atoms with Crippen molar-refractivity contribution in [2.75, 3.05) is 49.6 Å². The van der Waals surface area contributed by atoms with Gasteiger partial charge in [0.25, 0.3) is 0 Å². The van der Waals surface area contributed by atoms with Crippen molar-refractivity contribution in [1.82, 2.24) is 5.32 Å². The van der Waals surface area contributed by atoms with Gasteiger partial charge in [-0.1, -0.05) is 12.1 Å². The lowest BCUT2D eigenvalue weighted by molar-refractivity contribution is -0.118. The zero-order chi connectivity index (χ0) is 13.2. The fraction of sp³-hybridized carbons (Fsp3) is 0.500. The molecule has 3 rings (SSSR count). The molecular weight excluding hydrogens is 242 g/mol. The van der Waals surface area contributed by atoms with E-state index in [-0.39, 0.29) is 12.0 Å². The van der Waals surface area contributed by atoms with Crippen LogP contribution in [0.3, 0.4) is 0 Å². The van der Waals surface area contributed by atoms with Crippen molar-refractivity contribution in [3.05, 3.63) is 24.3 Å². The Hall–Kier alpha value is -1.59. The van der Waals surface area contributed by atoms with E-state index in [0.717, 1.165) is 24.5 Å². The Kier molecular flexibility index (Phi) is 3.40. The van der Waals surface area contributed by atoms with Gasteiger partial charge in [-0.15, -0.1) is 0 Å². The number of hydrogen-bond acceptors (Lipinski definition) is 4. The van der Waals surface area contributed by atoms with E-state index < -0.39 is 0 Å². The summed E-state index contributed by atoms with van der Waals surface area (Å²) in [6.07, 6.45) is 0.0779. The molecule has 0 aliphatic carbocycles. The van der Waals surface area contributed by atoms with Gasteiger partial charge < -0.3 is 19.9 Å². The average molecular weight is 261 g/mol. The molecule has 0 bridgehead atoms. The molecule has 5 heteroatoms. The van der Waals surface area contributed by atoms with Crippen LogP contribution in [0.4, 0.5) is 11.4 Å². The molecule has 1 aromatic carbocycles. The molecule has 5 nitrogen and oxygen atoms in total. The summed E-state index contributed by atoms with van der Waals surface area (Å²) in [6.45, 7) is 3.47. The molecule has 1 fully saturated rings. The van der Waals surface area contributed by atoms with Gasteiger partial charge >= 0.3 is 0 Å². The number of rotatable bonds is 2. The molecule has 19 heavy (non-hydrogen) atoms. The van der Waals surface area contributed by atoms with Crippen LogP contribution >= 0.6 is 0 Å². The first-order chi connectivity index (χ1) is 9.25. The monoisotopic (exact) mass is 261 g/mol. The molecule has 2 aliphatic heterocycles. The number of nitrogens with one attached hydrogen (secondary N) is 1. The summed E-state index contributed by atoms with van der Waals surface area (Å²) in [5, 5.41) is 3.30. The fourth-order valence-corrected chi connectivity index (χ4v) is 2.66. The van der Waals surface area contributed by atoms with E-state index >= 15 is 0 Å². The molecule has 0 saturated carbocycles. The summed E-state index contributed by atoms with van der Waals surface area (Å²) in [6, 6.07) is 8.02. The molecular formula is C14H19N3O2. The maximum absolute atomic E-state index is 12.2. The second-order valence-electron chi connectivity index (χ2n) is 5.05. The second-order valence-corrected chi connectivity index (χ2v) is 5.05. The molecule has 2 heterocycles. The number of morpholine rings is 1. The third-order valence-corrected chi connectivity index (χ3v) is 3.65. The van der Waals surface area contributed by atoms with Crippen molar-refractivity contribution < 1.29 is 9.53 Å². The number of hydrogen-bond donors (Lipinski definition) is 1. The van der Waals surface area contributed by atoms with Gasteiger partial charge in [0.2, 0.25) is 5.91 Å². The molecule has 0 radical (unpaired) electrons. The van der Waals surface area contributed by atoms with Crippen LogP contribution in [0.5, 0.6) is 0 Å². The maximum Gasteiger partial charge on any atom is 0.246 e. The number of amides is 1. The molecule has 1 N–H and O–H groups in total. The topological polar surface area (TPSA) is 44.8 Å². The van der Waals surface area contributed by atoms with Crippen LogP contribution in [0.1, 0.15) is 0 Å². The second kappa shape index (κ2) is 5.19. The van der Waals surface area contributed by atoms with Crippen LogP contribution in [0.2, 0.25) is 0 Å². The smallest absolute Gasteiger partial charge is 0.246 e. The van der Waals surface area contributed by atoms with Gasteiger partial charge in [0, 0.05) is 20.1 Å². The Labute approximate surface area is 113 Å². The van der Waals surface area contributed by atoms with Crippen LogP contribution < -0.4 is 15.1 Å². The first-order valence-corrected chi connectivity index (χ1v) is 6.68. The number of likely N-dealkylation sites (N-methyl/N-ethyl adjacent to an activating group) is 1. The van der Waals surface area contributed by atoms with Gasteiger partial charge in [0.05, 0.1) is 37.2 Å². The third-order valence-electron chi connectivity index (χ3n) is 3.65. The number of nitrogens with zero attached hydrogens (tertiary/aromatic N) is 2. The summed E-state index contributed by atoms with van der Waals surface area (Å²) in [4.78, 5) is 16.1. The molecule has 1 amide bonds. The lowest BCUT2D eigenvalue weighted by Gasteiger charge is -2.37. The van der Waals surface area contributed by atoms with E-state index in [1.165, 1.54) is 0 Å². The fourth-order valence-electron chi connectivity index (χ4n) is 2.66. The number of carbonyl (C=O) groups is 1. The predicted molar refractivity (Wildman–Crippen MR) is 74.7 cm³/mol. The first-order valence-electron chi connectivity index (χ1n) is 6.68. The summed E-state index contributed by atoms with van der Waals surface area (Å²) in [5.74, 6) is 0.135. The van der Waals surface area contributed by atoms with Crippen LogP contribution in [0.15, 0.2) is 24.3 Å². The number of fused-ring (bicyclic) bond motifs is 1. The van der Waals surface area contributed by atoms with Gasteiger partial charge in [-0.05, 0) is 12.1 Å². The van der Waals surface area contributed by atoms with Crippen molar-refractivity contribution >= 4 is 17.3 Å². The van der Waals surface area contributed by atoms with Crippen molar-refractivity contribution in [3.63, 3.8) is 0 Å². The molecule has 102 valence electrons. The molecule has 1 atom stereocenters. The van der Waals surface area contributed by atoms with Crippen molar-refractivity contribution in [1.29, 1.82) is 0 Å². The van der Waals surface area contributed by atoms with E-state index in [9.17, 15) is 4.79 Å². The zero-order valence-corrected chi connectivity index (χ0v) is 11.1. The minimum absolute atomic E-state index is 0.0779. The summed E-state index contributed by atoms with van der Waals surface area (Å²) >= 11 is 0. The van der Waals surface area contributed by atoms with E-state index in [1.54, 1.807) is 0 Å². The predicted octanol–water partition coefficient (Wildman–Crippen LogP) is 0.458. The highest BCUT2D eigenvalue weighted by Crippen LogP contribution is 2.32. The highest BCUT2D eigenvalue weighted by atomic mass is 16.5. The van der Waals surface area contributed by atoms with E-state index in [4.69, 9.17) is 4.74 Å². The van der Waals surface area contributed by atoms with Crippen LogP contribution in [0, 0.1) is 0 Å². The van der Waals surface area contributed by atoms with E-state index in [2.05, 4.69) is 11.4 Å². The lowest BCUT2D eigenvalue weighted by Crippen LogP contribution is -2.51.